The minimum atomic E-state index is -0.848. The molecule has 1 aromatic carbocycles. The number of amides is 2. The van der Waals surface area contributed by atoms with Gasteiger partial charge in [-0.05, 0) is 18.1 Å². The Morgan fingerprint density at radius 2 is 2.00 bits per heavy atom. The SMILES string of the molecule is CCc1ncc(C(=O)N2CC[C@]3(C(=O)Nc4ccccc43)[C@@H]2c2cnn(C)c2)cn1. The second-order valence-electron chi connectivity index (χ2n) is 7.81. The Morgan fingerprint density at radius 3 is 2.70 bits per heavy atom. The second-order valence-corrected chi connectivity index (χ2v) is 7.81. The number of hydrogen-bond donors (Lipinski definition) is 1. The molecule has 1 saturated heterocycles. The first-order chi connectivity index (χ1) is 14.5. The molecule has 0 radical (unpaired) electrons. The fraction of sp³-hybridized carbons (Fsp3) is 0.318. The maximum Gasteiger partial charge on any atom is 0.257 e. The molecule has 2 aliphatic heterocycles. The van der Waals surface area contributed by atoms with Gasteiger partial charge in [-0.3, -0.25) is 14.3 Å². The van der Waals surface area contributed by atoms with E-state index in [1.165, 1.54) is 0 Å². The van der Waals surface area contributed by atoms with Gasteiger partial charge in [0.2, 0.25) is 5.91 Å². The first-order valence-electron chi connectivity index (χ1n) is 10.1. The van der Waals surface area contributed by atoms with E-state index in [0.717, 1.165) is 16.8 Å². The van der Waals surface area contributed by atoms with E-state index < -0.39 is 11.5 Å². The van der Waals surface area contributed by atoms with Crippen molar-refractivity contribution in [3.8, 4) is 0 Å². The lowest BCUT2D eigenvalue weighted by Crippen LogP contribution is -2.42. The first-order valence-corrected chi connectivity index (χ1v) is 10.1. The largest absolute Gasteiger partial charge is 0.330 e. The number of carbonyl (C=O) groups excluding carboxylic acids is 2. The lowest BCUT2D eigenvalue weighted by atomic mass is 9.73. The van der Waals surface area contributed by atoms with Gasteiger partial charge >= 0.3 is 0 Å². The van der Waals surface area contributed by atoms with Gasteiger partial charge in [0.05, 0.1) is 17.8 Å². The number of para-hydroxylation sites is 1. The molecule has 1 fully saturated rings. The highest BCUT2D eigenvalue weighted by Crippen LogP contribution is 2.54. The van der Waals surface area contributed by atoms with Crippen LogP contribution in [0.1, 0.15) is 46.7 Å². The van der Waals surface area contributed by atoms with Crippen molar-refractivity contribution < 1.29 is 9.59 Å². The molecule has 0 unspecified atom stereocenters. The summed E-state index contributed by atoms with van der Waals surface area (Å²) in [5, 5.41) is 7.33. The fourth-order valence-electron chi connectivity index (χ4n) is 4.76. The number of fused-ring (bicyclic) bond motifs is 2. The molecule has 8 nitrogen and oxygen atoms in total. The third kappa shape index (κ3) is 2.56. The average Bonchev–Trinajstić information content (AvgIpc) is 3.45. The summed E-state index contributed by atoms with van der Waals surface area (Å²) in [7, 11) is 1.83. The van der Waals surface area contributed by atoms with Crippen molar-refractivity contribution >= 4 is 17.5 Å². The Labute approximate surface area is 173 Å². The van der Waals surface area contributed by atoms with Crippen LogP contribution in [0.5, 0.6) is 0 Å². The maximum absolute atomic E-state index is 13.5. The van der Waals surface area contributed by atoms with Crippen LogP contribution in [0, 0.1) is 0 Å². The van der Waals surface area contributed by atoms with Gasteiger partial charge in [-0.1, -0.05) is 25.1 Å². The molecule has 2 amide bonds. The van der Waals surface area contributed by atoms with Crippen molar-refractivity contribution in [2.24, 2.45) is 7.05 Å². The number of nitrogens with zero attached hydrogens (tertiary/aromatic N) is 5. The number of anilines is 1. The highest BCUT2D eigenvalue weighted by atomic mass is 16.2. The normalized spacial score (nSPS) is 22.4. The molecule has 8 heteroatoms. The van der Waals surface area contributed by atoms with E-state index in [0.29, 0.717) is 30.8 Å². The molecule has 3 aromatic rings. The van der Waals surface area contributed by atoms with Crippen molar-refractivity contribution in [3.63, 3.8) is 0 Å². The highest BCUT2D eigenvalue weighted by molar-refractivity contribution is 6.08. The zero-order valence-electron chi connectivity index (χ0n) is 16.9. The Morgan fingerprint density at radius 1 is 1.23 bits per heavy atom. The van der Waals surface area contributed by atoms with E-state index in [2.05, 4.69) is 20.4 Å². The number of rotatable bonds is 3. The number of likely N-dealkylation sites (tertiary alicyclic amines) is 1. The van der Waals surface area contributed by atoms with Crippen LogP contribution in [0.3, 0.4) is 0 Å². The first kappa shape index (κ1) is 18.5. The molecule has 2 atom stereocenters. The van der Waals surface area contributed by atoms with Gasteiger partial charge in [-0.15, -0.1) is 0 Å². The summed E-state index contributed by atoms with van der Waals surface area (Å²) in [5.74, 6) is 0.434. The van der Waals surface area contributed by atoms with Crippen molar-refractivity contribution in [1.29, 1.82) is 0 Å². The Bertz CT molecular complexity index is 1140. The summed E-state index contributed by atoms with van der Waals surface area (Å²) >= 11 is 0. The standard InChI is InChI=1S/C22H22N6O2/c1-3-18-23-10-14(11-24-18)20(29)28-9-8-22(19(28)15-12-25-27(2)13-15)16-6-4-5-7-17(16)26-21(22)30/h4-7,10-13,19H,3,8-9H2,1-2H3,(H,26,30)/t19-,22+/m0/s1. The van der Waals surface area contributed by atoms with E-state index in [1.807, 2.05) is 44.4 Å². The number of benzene rings is 1. The Hall–Kier alpha value is -3.55. The molecule has 2 aromatic heterocycles. The van der Waals surface area contributed by atoms with E-state index in [-0.39, 0.29) is 11.8 Å². The molecule has 1 spiro atoms. The molecule has 5 rings (SSSR count). The van der Waals surface area contributed by atoms with Crippen LogP contribution < -0.4 is 5.32 Å². The van der Waals surface area contributed by atoms with Crippen LogP contribution in [0.4, 0.5) is 5.69 Å². The van der Waals surface area contributed by atoms with Gasteiger partial charge in [0.15, 0.2) is 0 Å². The summed E-state index contributed by atoms with van der Waals surface area (Å²) in [4.78, 5) is 37.1. The highest BCUT2D eigenvalue weighted by Gasteiger charge is 2.59. The van der Waals surface area contributed by atoms with E-state index >= 15 is 0 Å². The monoisotopic (exact) mass is 402 g/mol. The minimum Gasteiger partial charge on any atom is -0.330 e. The van der Waals surface area contributed by atoms with Gasteiger partial charge in [0.25, 0.3) is 5.91 Å². The Balaban J connectivity index is 1.62. The smallest absolute Gasteiger partial charge is 0.257 e. The maximum atomic E-state index is 13.5. The average molecular weight is 402 g/mol. The van der Waals surface area contributed by atoms with Crippen molar-refractivity contribution in [2.45, 2.75) is 31.2 Å². The third-order valence-electron chi connectivity index (χ3n) is 6.16. The predicted octanol–water partition coefficient (Wildman–Crippen LogP) is 2.25. The molecule has 0 aliphatic carbocycles. The van der Waals surface area contributed by atoms with Crippen LogP contribution in [0.2, 0.25) is 0 Å². The van der Waals surface area contributed by atoms with Gasteiger partial charge in [0.1, 0.15) is 11.2 Å². The van der Waals surface area contributed by atoms with Gasteiger partial charge in [-0.2, -0.15) is 5.10 Å². The summed E-state index contributed by atoms with van der Waals surface area (Å²) < 4.78 is 1.70. The van der Waals surface area contributed by atoms with Gasteiger partial charge in [0, 0.05) is 49.9 Å². The number of hydrogen-bond acceptors (Lipinski definition) is 5. The van der Waals surface area contributed by atoms with Gasteiger partial charge < -0.3 is 10.2 Å². The quantitative estimate of drug-likeness (QED) is 0.725. The lowest BCUT2D eigenvalue weighted by molar-refractivity contribution is -0.121. The second kappa shape index (κ2) is 6.76. The molecule has 0 bridgehead atoms. The van der Waals surface area contributed by atoms with Crippen molar-refractivity contribution in [1.82, 2.24) is 24.6 Å². The molecule has 4 heterocycles. The number of carbonyl (C=O) groups is 2. The summed E-state index contributed by atoms with van der Waals surface area (Å²) in [5.41, 5.74) is 2.14. The van der Waals surface area contributed by atoms with Gasteiger partial charge in [-0.25, -0.2) is 9.97 Å². The van der Waals surface area contributed by atoms with E-state index in [9.17, 15) is 9.59 Å². The lowest BCUT2D eigenvalue weighted by Gasteiger charge is -2.33. The molecular weight excluding hydrogens is 380 g/mol. The van der Waals surface area contributed by atoms with Crippen molar-refractivity contribution in [3.05, 3.63) is 71.6 Å². The predicted molar refractivity (Wildman–Crippen MR) is 110 cm³/mol. The van der Waals surface area contributed by atoms with Crippen LogP contribution in [0.15, 0.2) is 49.1 Å². The zero-order chi connectivity index (χ0) is 20.9. The topological polar surface area (TPSA) is 93.0 Å². The van der Waals surface area contributed by atoms with Crippen molar-refractivity contribution in [2.75, 3.05) is 11.9 Å². The third-order valence-corrected chi connectivity index (χ3v) is 6.16. The fourth-order valence-corrected chi connectivity index (χ4v) is 4.76. The van der Waals surface area contributed by atoms with Crippen LogP contribution in [0.25, 0.3) is 0 Å². The number of aromatic nitrogens is 4. The molecule has 2 aliphatic rings. The van der Waals surface area contributed by atoms with Crippen LogP contribution >= 0.6 is 0 Å². The minimum absolute atomic E-state index is 0.0783. The molecular formula is C22H22N6O2. The van der Waals surface area contributed by atoms with Crippen LogP contribution in [-0.2, 0) is 23.7 Å². The molecule has 0 saturated carbocycles. The molecule has 1 N–H and O–H groups in total. The molecule has 30 heavy (non-hydrogen) atoms. The van der Waals surface area contributed by atoms with E-state index in [1.54, 1.807) is 28.2 Å². The zero-order valence-corrected chi connectivity index (χ0v) is 16.9. The number of nitrogens with one attached hydrogen (secondary N) is 1. The number of aryl methyl sites for hydroxylation is 2. The summed E-state index contributed by atoms with van der Waals surface area (Å²) in [6, 6.07) is 7.26. The molecule has 152 valence electrons. The van der Waals surface area contributed by atoms with Crippen LogP contribution in [-0.4, -0.2) is 43.0 Å². The summed E-state index contributed by atoms with van der Waals surface area (Å²) in [6.07, 6.45) is 8.00. The van der Waals surface area contributed by atoms with E-state index in [4.69, 9.17) is 0 Å². The summed E-state index contributed by atoms with van der Waals surface area (Å²) in [6.45, 7) is 2.42. The Kier molecular flexibility index (Phi) is 4.16.